The molecular weight excluding hydrogens is 607 g/mol. The zero-order valence-electron chi connectivity index (χ0n) is 27.4. The molecule has 1 aliphatic heterocycles. The predicted octanol–water partition coefficient (Wildman–Crippen LogP) is 4.98. The molecule has 0 atom stereocenters. The summed E-state index contributed by atoms with van der Waals surface area (Å²) in [6, 6.07) is 9.09. The Morgan fingerprint density at radius 2 is 1.73 bits per heavy atom. The molecule has 0 bridgehead atoms. The second-order valence-corrected chi connectivity index (χ2v) is 22.0. The van der Waals surface area contributed by atoms with Gasteiger partial charge in [0, 0.05) is 25.2 Å². The van der Waals surface area contributed by atoms with Crippen LogP contribution in [0.2, 0.25) is 16.6 Å². The van der Waals surface area contributed by atoms with Crippen molar-refractivity contribution in [2.45, 2.75) is 113 Å². The van der Waals surface area contributed by atoms with Crippen LogP contribution in [0.3, 0.4) is 0 Å². The van der Waals surface area contributed by atoms with Gasteiger partial charge in [0.2, 0.25) is 0 Å². The first-order valence-electron chi connectivity index (χ1n) is 16.3. The number of benzene rings is 1. The van der Waals surface area contributed by atoms with Crippen molar-refractivity contribution in [3.8, 4) is 6.07 Å². The average Bonchev–Trinajstić information content (AvgIpc) is 3.93. The number of fused-ring (bicyclic) bond motifs is 1. The molecule has 1 N–H and O–H groups in total. The van der Waals surface area contributed by atoms with E-state index in [0.717, 1.165) is 5.56 Å². The van der Waals surface area contributed by atoms with Gasteiger partial charge in [0.15, 0.2) is 23.8 Å². The van der Waals surface area contributed by atoms with Gasteiger partial charge < -0.3 is 14.6 Å². The minimum absolute atomic E-state index is 0.191. The Hall–Kier alpha value is -3.01. The highest BCUT2D eigenvalue weighted by atomic mass is 32.2. The molecule has 244 valence electrons. The van der Waals surface area contributed by atoms with Gasteiger partial charge in [-0.05, 0) is 66.4 Å². The van der Waals surface area contributed by atoms with Crippen molar-refractivity contribution >= 4 is 30.0 Å². The van der Waals surface area contributed by atoms with E-state index >= 15 is 0 Å². The molecule has 10 nitrogen and oxygen atoms in total. The Balaban J connectivity index is 1.40. The Kier molecular flexibility index (Phi) is 9.37. The monoisotopic (exact) mass is 653 g/mol. The van der Waals surface area contributed by atoms with Crippen molar-refractivity contribution in [1.29, 1.82) is 5.26 Å². The number of hydrogen-bond acceptors (Lipinski definition) is 7. The topological polar surface area (TPSA) is 134 Å². The summed E-state index contributed by atoms with van der Waals surface area (Å²) < 4.78 is 34.1. The average molecular weight is 654 g/mol. The maximum atomic E-state index is 14.1. The molecule has 45 heavy (non-hydrogen) atoms. The number of rotatable bonds is 14. The van der Waals surface area contributed by atoms with Crippen LogP contribution in [0.5, 0.6) is 0 Å². The molecule has 2 fully saturated rings. The van der Waals surface area contributed by atoms with Gasteiger partial charge >= 0.3 is 0 Å². The highest BCUT2D eigenvalue weighted by Gasteiger charge is 2.60. The molecule has 2 heterocycles. The van der Waals surface area contributed by atoms with Gasteiger partial charge in [0.25, 0.3) is 11.8 Å². The molecule has 2 saturated carbocycles. The first kappa shape index (κ1) is 33.4. The smallest absolute Gasteiger partial charge is 0.272 e. The number of nitrogens with zero attached hydrogens (tertiary/aromatic N) is 4. The molecule has 2 aliphatic carbocycles. The fourth-order valence-corrected chi connectivity index (χ4v) is 15.4. The highest BCUT2D eigenvalue weighted by Crippen LogP contribution is 2.51. The van der Waals surface area contributed by atoms with Crippen LogP contribution < -0.4 is 5.32 Å². The molecule has 5 rings (SSSR count). The third-order valence-electron chi connectivity index (χ3n) is 10.1. The highest BCUT2D eigenvalue weighted by molar-refractivity contribution is 7.94. The van der Waals surface area contributed by atoms with Gasteiger partial charge in [0.1, 0.15) is 5.69 Å². The summed E-state index contributed by atoms with van der Waals surface area (Å²) in [6.45, 7) is 14.8. The number of nitrogens with one attached hydrogen (secondary N) is 1. The van der Waals surface area contributed by atoms with Gasteiger partial charge in [-0.2, -0.15) is 10.4 Å². The third kappa shape index (κ3) is 6.23. The van der Waals surface area contributed by atoms with Gasteiger partial charge in [-0.25, -0.2) is 8.42 Å². The van der Waals surface area contributed by atoms with E-state index in [2.05, 4.69) is 52.9 Å². The van der Waals surface area contributed by atoms with E-state index in [9.17, 15) is 18.0 Å². The van der Waals surface area contributed by atoms with Crippen LogP contribution in [0.25, 0.3) is 0 Å². The molecule has 0 unspecified atom stereocenters. The van der Waals surface area contributed by atoms with E-state index < -0.39 is 22.9 Å². The van der Waals surface area contributed by atoms with Gasteiger partial charge in [0.05, 0.1) is 34.8 Å². The fourth-order valence-electron chi connectivity index (χ4n) is 7.49. The van der Waals surface area contributed by atoms with Crippen molar-refractivity contribution in [2.24, 2.45) is 0 Å². The van der Waals surface area contributed by atoms with E-state index in [4.69, 9.17) is 14.8 Å². The SMILES string of the molecule is CC(C)[Si](OCCn1nc(C(=O)NCc2ccc(C#N)cc2)c2c1C(=O)N(CC1(S(=O)(=O)C3CC3)CC1)CC2)(C(C)C)C(C)C. The van der Waals surface area contributed by atoms with Crippen LogP contribution in [0.15, 0.2) is 24.3 Å². The van der Waals surface area contributed by atoms with Crippen LogP contribution in [0.1, 0.15) is 105 Å². The molecule has 12 heteroatoms. The normalized spacial score (nSPS) is 18.0. The van der Waals surface area contributed by atoms with Gasteiger partial charge in [-0.1, -0.05) is 53.7 Å². The van der Waals surface area contributed by atoms with Gasteiger partial charge in [-0.15, -0.1) is 0 Å². The van der Waals surface area contributed by atoms with Crippen molar-refractivity contribution < 1.29 is 22.4 Å². The fraction of sp³-hybridized carbons (Fsp3) is 0.636. The molecule has 2 amide bonds. The second-order valence-electron chi connectivity index (χ2n) is 14.0. The molecule has 0 spiro atoms. The minimum Gasteiger partial charge on any atom is -0.414 e. The maximum Gasteiger partial charge on any atom is 0.272 e. The van der Waals surface area contributed by atoms with E-state index in [-0.39, 0.29) is 35.8 Å². The molecular formula is C33H47N5O5SSi. The van der Waals surface area contributed by atoms with Crippen LogP contribution in [0, 0.1) is 11.3 Å². The Labute approximate surface area is 268 Å². The lowest BCUT2D eigenvalue weighted by molar-refractivity contribution is 0.0721. The summed E-state index contributed by atoms with van der Waals surface area (Å²) in [5.74, 6) is -0.644. The lowest BCUT2D eigenvalue weighted by Crippen LogP contribution is -2.48. The van der Waals surface area contributed by atoms with E-state index in [0.29, 0.717) is 85.2 Å². The molecule has 0 saturated heterocycles. The van der Waals surface area contributed by atoms with Gasteiger partial charge in [-0.3, -0.25) is 14.3 Å². The standard InChI is InChI=1S/C33H47N5O5SSi/c1-22(2)45(23(3)4,24(5)6)43-18-17-38-30-28(29(36-38)31(39)35-20-26-9-7-25(19-34)8-10-26)13-16-37(32(30)40)21-33(14-15-33)44(41,42)27-11-12-27/h7-10,22-24,27H,11-18,20-21H2,1-6H3,(H,35,39). The Bertz CT molecular complexity index is 1560. The summed E-state index contributed by atoms with van der Waals surface area (Å²) >= 11 is 0. The van der Waals surface area contributed by atoms with E-state index in [1.807, 2.05) is 0 Å². The number of amides is 2. The van der Waals surface area contributed by atoms with Crippen molar-refractivity contribution in [3.63, 3.8) is 0 Å². The first-order valence-corrected chi connectivity index (χ1v) is 20.0. The Morgan fingerprint density at radius 3 is 2.27 bits per heavy atom. The first-order chi connectivity index (χ1) is 21.3. The summed E-state index contributed by atoms with van der Waals surface area (Å²) in [6.07, 6.45) is 3.02. The zero-order valence-corrected chi connectivity index (χ0v) is 29.2. The lowest BCUT2D eigenvalue weighted by Gasteiger charge is -2.42. The minimum atomic E-state index is -3.28. The summed E-state index contributed by atoms with van der Waals surface area (Å²) in [5, 5.41) is 16.4. The molecule has 1 aromatic heterocycles. The lowest BCUT2D eigenvalue weighted by atomic mass is 10.0. The second kappa shape index (κ2) is 12.6. The van der Waals surface area contributed by atoms with Crippen LogP contribution in [0.4, 0.5) is 0 Å². The van der Waals surface area contributed by atoms with E-state index in [1.165, 1.54) is 0 Å². The summed E-state index contributed by atoms with van der Waals surface area (Å²) in [4.78, 5) is 29.3. The number of carbonyl (C=O) groups excluding carboxylic acids is 2. The quantitative estimate of drug-likeness (QED) is 0.284. The van der Waals surface area contributed by atoms with Crippen molar-refractivity contribution in [2.75, 3.05) is 19.7 Å². The number of carbonyl (C=O) groups is 2. The molecule has 2 aromatic rings. The summed E-state index contributed by atoms with van der Waals surface area (Å²) in [5.41, 5.74) is 3.75. The zero-order chi connectivity index (χ0) is 32.7. The largest absolute Gasteiger partial charge is 0.414 e. The van der Waals surface area contributed by atoms with Crippen LogP contribution >= 0.6 is 0 Å². The van der Waals surface area contributed by atoms with E-state index in [1.54, 1.807) is 33.8 Å². The molecule has 3 aliphatic rings. The predicted molar refractivity (Wildman–Crippen MR) is 175 cm³/mol. The molecule has 1 aromatic carbocycles. The van der Waals surface area contributed by atoms with Crippen molar-refractivity contribution in [1.82, 2.24) is 20.0 Å². The number of hydrogen-bond donors (Lipinski definition) is 1. The number of sulfone groups is 1. The number of nitriles is 1. The number of aromatic nitrogens is 2. The Morgan fingerprint density at radius 1 is 1.11 bits per heavy atom. The molecule has 0 radical (unpaired) electrons. The third-order valence-corrected chi connectivity index (χ3v) is 19.4. The van der Waals surface area contributed by atoms with Crippen LogP contribution in [-0.4, -0.2) is 72.9 Å². The van der Waals surface area contributed by atoms with Crippen LogP contribution in [-0.2, 0) is 33.8 Å². The maximum absolute atomic E-state index is 14.1. The van der Waals surface area contributed by atoms with Crippen molar-refractivity contribution in [3.05, 3.63) is 52.3 Å². The summed E-state index contributed by atoms with van der Waals surface area (Å²) in [7, 11) is -5.45.